The third-order valence-electron chi connectivity index (χ3n) is 5.54. The number of nitrogens with one attached hydrogen (secondary N) is 2. The summed E-state index contributed by atoms with van der Waals surface area (Å²) in [6.45, 7) is 1.48. The van der Waals surface area contributed by atoms with Gasteiger partial charge in [0.1, 0.15) is 5.82 Å². The fourth-order valence-electron chi connectivity index (χ4n) is 3.91. The molecule has 0 radical (unpaired) electrons. The van der Waals surface area contributed by atoms with Gasteiger partial charge in [0.15, 0.2) is 0 Å². The molecule has 1 unspecified atom stereocenters. The Morgan fingerprint density at radius 3 is 2.76 bits per heavy atom. The van der Waals surface area contributed by atoms with E-state index in [9.17, 15) is 14.0 Å². The summed E-state index contributed by atoms with van der Waals surface area (Å²) in [5, 5.41) is 3.97. The summed E-state index contributed by atoms with van der Waals surface area (Å²) in [5.74, 6) is -0.516. The van der Waals surface area contributed by atoms with Gasteiger partial charge in [0, 0.05) is 36.7 Å². The monoisotopic (exact) mass is 393 g/mol. The van der Waals surface area contributed by atoms with Crippen molar-refractivity contribution in [2.45, 2.75) is 25.8 Å². The van der Waals surface area contributed by atoms with E-state index in [1.54, 1.807) is 17.0 Å². The highest BCUT2D eigenvalue weighted by Crippen LogP contribution is 2.21. The van der Waals surface area contributed by atoms with Crippen molar-refractivity contribution in [3.8, 4) is 0 Å². The lowest BCUT2D eigenvalue weighted by atomic mass is 9.96. The van der Waals surface area contributed by atoms with Crippen LogP contribution < -0.4 is 5.32 Å². The predicted molar refractivity (Wildman–Crippen MR) is 110 cm³/mol. The second kappa shape index (κ2) is 8.47. The zero-order valence-corrected chi connectivity index (χ0v) is 16.2. The number of likely N-dealkylation sites (tertiary alicyclic amines) is 1. The van der Waals surface area contributed by atoms with E-state index in [1.165, 1.54) is 12.1 Å². The molecule has 1 fully saturated rings. The van der Waals surface area contributed by atoms with Gasteiger partial charge in [0.25, 0.3) is 0 Å². The van der Waals surface area contributed by atoms with Crippen LogP contribution in [-0.4, -0.2) is 34.8 Å². The first kappa shape index (κ1) is 19.2. The van der Waals surface area contributed by atoms with Crippen molar-refractivity contribution in [2.75, 3.05) is 13.1 Å². The van der Waals surface area contributed by atoms with E-state index in [0.29, 0.717) is 26.1 Å². The summed E-state index contributed by atoms with van der Waals surface area (Å²) in [6, 6.07) is 14.0. The third kappa shape index (κ3) is 4.47. The number of fused-ring (bicyclic) bond motifs is 1. The minimum absolute atomic E-state index is 0.0470. The van der Waals surface area contributed by atoms with Gasteiger partial charge in [-0.05, 0) is 42.2 Å². The van der Waals surface area contributed by atoms with Crippen LogP contribution in [0.1, 0.15) is 24.0 Å². The highest BCUT2D eigenvalue weighted by atomic mass is 19.1. The van der Waals surface area contributed by atoms with Crippen molar-refractivity contribution in [3.63, 3.8) is 0 Å². The van der Waals surface area contributed by atoms with Gasteiger partial charge in [-0.3, -0.25) is 9.59 Å². The zero-order chi connectivity index (χ0) is 20.2. The number of rotatable bonds is 5. The van der Waals surface area contributed by atoms with Crippen LogP contribution >= 0.6 is 0 Å². The number of hydrogen-bond donors (Lipinski definition) is 2. The average Bonchev–Trinajstić information content (AvgIpc) is 3.16. The Labute approximate surface area is 168 Å². The van der Waals surface area contributed by atoms with Crippen LogP contribution in [0.4, 0.5) is 4.39 Å². The number of H-pyrrole nitrogens is 1. The van der Waals surface area contributed by atoms with E-state index >= 15 is 0 Å². The Bertz CT molecular complexity index is 1010. The molecular weight excluding hydrogens is 369 g/mol. The number of hydrogen-bond acceptors (Lipinski definition) is 2. The maximum Gasteiger partial charge on any atom is 0.227 e. The van der Waals surface area contributed by atoms with Crippen molar-refractivity contribution >= 4 is 22.7 Å². The van der Waals surface area contributed by atoms with Gasteiger partial charge in [-0.25, -0.2) is 4.39 Å². The Morgan fingerprint density at radius 2 is 1.93 bits per heavy atom. The first-order chi connectivity index (χ1) is 14.1. The first-order valence-electron chi connectivity index (χ1n) is 9.95. The maximum atomic E-state index is 13.0. The van der Waals surface area contributed by atoms with E-state index < -0.39 is 0 Å². The number of carbonyl (C=O) groups is 2. The van der Waals surface area contributed by atoms with Crippen molar-refractivity contribution in [3.05, 3.63) is 71.7 Å². The molecule has 5 nitrogen and oxygen atoms in total. The molecule has 1 saturated heterocycles. The molecule has 0 spiro atoms. The normalized spacial score (nSPS) is 16.7. The molecule has 3 aromatic rings. The number of aromatic amines is 1. The highest BCUT2D eigenvalue weighted by Gasteiger charge is 2.28. The lowest BCUT2D eigenvalue weighted by Crippen LogP contribution is -2.45. The quantitative estimate of drug-likeness (QED) is 0.698. The summed E-state index contributed by atoms with van der Waals surface area (Å²) in [7, 11) is 0. The average molecular weight is 393 g/mol. The number of amides is 2. The fraction of sp³-hybridized carbons (Fsp3) is 0.304. The molecule has 0 bridgehead atoms. The molecular formula is C23H24FN3O2. The summed E-state index contributed by atoms with van der Waals surface area (Å²) in [4.78, 5) is 30.4. The minimum atomic E-state index is -0.295. The van der Waals surface area contributed by atoms with Crippen LogP contribution in [-0.2, 0) is 22.6 Å². The highest BCUT2D eigenvalue weighted by molar-refractivity contribution is 5.89. The Morgan fingerprint density at radius 1 is 1.14 bits per heavy atom. The smallest absolute Gasteiger partial charge is 0.227 e. The van der Waals surface area contributed by atoms with Crippen molar-refractivity contribution in [2.24, 2.45) is 5.92 Å². The van der Waals surface area contributed by atoms with Gasteiger partial charge in [-0.1, -0.05) is 30.3 Å². The Hall–Kier alpha value is -3.15. The third-order valence-corrected chi connectivity index (χ3v) is 5.54. The molecule has 6 heteroatoms. The number of piperidine rings is 1. The van der Waals surface area contributed by atoms with E-state index in [4.69, 9.17) is 0 Å². The molecule has 1 aliphatic heterocycles. The van der Waals surface area contributed by atoms with Gasteiger partial charge in [-0.2, -0.15) is 0 Å². The number of halogens is 1. The van der Waals surface area contributed by atoms with Crippen LogP contribution in [0.15, 0.2) is 54.7 Å². The number of benzene rings is 2. The molecule has 150 valence electrons. The van der Waals surface area contributed by atoms with Crippen molar-refractivity contribution < 1.29 is 14.0 Å². The van der Waals surface area contributed by atoms with Crippen LogP contribution in [0.5, 0.6) is 0 Å². The topological polar surface area (TPSA) is 65.2 Å². The van der Waals surface area contributed by atoms with Gasteiger partial charge in [0.2, 0.25) is 11.8 Å². The molecule has 2 aromatic carbocycles. The van der Waals surface area contributed by atoms with Gasteiger partial charge in [-0.15, -0.1) is 0 Å². The second-order valence-electron chi connectivity index (χ2n) is 7.56. The second-order valence-corrected chi connectivity index (χ2v) is 7.56. The van der Waals surface area contributed by atoms with Gasteiger partial charge in [0.05, 0.1) is 12.3 Å². The summed E-state index contributed by atoms with van der Waals surface area (Å²) >= 11 is 0. The molecule has 1 atom stereocenters. The first-order valence-corrected chi connectivity index (χ1v) is 9.95. The molecule has 0 saturated carbocycles. The van der Waals surface area contributed by atoms with Crippen molar-refractivity contribution in [1.82, 2.24) is 15.2 Å². The number of nitrogens with zero attached hydrogens (tertiary/aromatic N) is 1. The molecule has 2 N–H and O–H groups in total. The molecule has 0 aliphatic carbocycles. The standard InChI is InChI=1S/C23H24FN3O2/c24-19-9-7-16(8-10-19)13-26-23(29)17-4-3-11-27(15-17)22(28)12-18-14-25-21-6-2-1-5-20(18)21/h1-2,5-10,14,17,25H,3-4,11-13,15H2,(H,26,29). The molecule has 1 aliphatic rings. The van der Waals surface area contributed by atoms with Gasteiger partial charge < -0.3 is 15.2 Å². The van der Waals surface area contributed by atoms with E-state index in [2.05, 4.69) is 10.3 Å². The maximum absolute atomic E-state index is 13.0. The summed E-state index contributed by atoms with van der Waals surface area (Å²) in [5.41, 5.74) is 2.85. The molecule has 29 heavy (non-hydrogen) atoms. The lowest BCUT2D eigenvalue weighted by Gasteiger charge is -2.32. The summed E-state index contributed by atoms with van der Waals surface area (Å²) < 4.78 is 13.0. The van der Waals surface area contributed by atoms with E-state index in [1.807, 2.05) is 30.5 Å². The Balaban J connectivity index is 1.34. The molecule has 2 heterocycles. The van der Waals surface area contributed by atoms with Gasteiger partial charge >= 0.3 is 0 Å². The predicted octanol–water partition coefficient (Wildman–Crippen LogP) is 3.40. The molecule has 4 rings (SSSR count). The number of carbonyl (C=O) groups excluding carboxylic acids is 2. The lowest BCUT2D eigenvalue weighted by molar-refractivity contribution is -0.135. The van der Waals surface area contributed by atoms with Crippen LogP contribution in [0.2, 0.25) is 0 Å². The van der Waals surface area contributed by atoms with E-state index in [-0.39, 0.29) is 23.5 Å². The van der Waals surface area contributed by atoms with Crippen LogP contribution in [0.25, 0.3) is 10.9 Å². The zero-order valence-electron chi connectivity index (χ0n) is 16.2. The molecule has 1 aromatic heterocycles. The van der Waals surface area contributed by atoms with Crippen LogP contribution in [0, 0.1) is 11.7 Å². The number of para-hydroxylation sites is 1. The largest absolute Gasteiger partial charge is 0.361 e. The van der Waals surface area contributed by atoms with E-state index in [0.717, 1.165) is 34.9 Å². The number of aromatic nitrogens is 1. The minimum Gasteiger partial charge on any atom is -0.361 e. The Kier molecular flexibility index (Phi) is 5.60. The molecule has 2 amide bonds. The SMILES string of the molecule is O=C(NCc1ccc(F)cc1)C1CCCN(C(=O)Cc2c[nH]c3ccccc23)C1. The van der Waals surface area contributed by atoms with Crippen LogP contribution in [0.3, 0.4) is 0 Å². The summed E-state index contributed by atoms with van der Waals surface area (Å²) in [6.07, 6.45) is 3.80. The van der Waals surface area contributed by atoms with Crippen molar-refractivity contribution in [1.29, 1.82) is 0 Å². The fourth-order valence-corrected chi connectivity index (χ4v) is 3.91.